The number of hydrogen-bond acceptors (Lipinski definition) is 3. The summed E-state index contributed by atoms with van der Waals surface area (Å²) >= 11 is 1.76. The Hall–Kier alpha value is -0.900. The molecule has 1 aromatic carbocycles. The van der Waals surface area contributed by atoms with E-state index in [1.807, 2.05) is 12.1 Å². The third-order valence-electron chi connectivity index (χ3n) is 2.37. The normalized spacial score (nSPS) is 9.94. The average molecular weight is 270 g/mol. The zero-order valence-corrected chi connectivity index (χ0v) is 11.3. The van der Waals surface area contributed by atoms with Gasteiger partial charge in [0.15, 0.2) is 0 Å². The Morgan fingerprint density at radius 2 is 1.88 bits per heavy atom. The maximum Gasteiger partial charge on any atom is 0.117 e. The Morgan fingerprint density at radius 1 is 1.12 bits per heavy atom. The highest BCUT2D eigenvalue weighted by molar-refractivity contribution is 7.98. The van der Waals surface area contributed by atoms with Crippen LogP contribution in [0, 0.1) is 0 Å². The van der Waals surface area contributed by atoms with Crippen molar-refractivity contribution in [3.63, 3.8) is 0 Å². The lowest BCUT2D eigenvalue weighted by molar-refractivity contribution is 0.483. The second-order valence-corrected chi connectivity index (χ2v) is 4.41. The van der Waals surface area contributed by atoms with E-state index >= 15 is 0 Å². The Balaban J connectivity index is 0.00000144. The van der Waals surface area contributed by atoms with Gasteiger partial charge in [-0.2, -0.15) is 0 Å². The summed E-state index contributed by atoms with van der Waals surface area (Å²) < 4.78 is 5.24. The maximum absolute atomic E-state index is 5.24. The van der Waals surface area contributed by atoms with E-state index in [-0.39, 0.29) is 12.4 Å². The Labute approximate surface area is 112 Å². The molecule has 0 saturated carbocycles. The van der Waals surface area contributed by atoms with Gasteiger partial charge in [0, 0.05) is 11.4 Å². The molecule has 0 unspecified atom stereocenters. The van der Waals surface area contributed by atoms with Gasteiger partial charge in [0.25, 0.3) is 0 Å². The van der Waals surface area contributed by atoms with Gasteiger partial charge < -0.3 is 9.73 Å². The van der Waals surface area contributed by atoms with Crippen LogP contribution in [0.1, 0.15) is 11.3 Å². The molecule has 1 aromatic heterocycles. The molecule has 2 nitrogen and oxygen atoms in total. The van der Waals surface area contributed by atoms with Crippen LogP contribution in [0.3, 0.4) is 0 Å². The molecule has 1 N–H and O–H groups in total. The lowest BCUT2D eigenvalue weighted by Crippen LogP contribution is -2.11. The standard InChI is InChI=1S/C13H15NOS.ClH/c1-16-13-6-4-11(5-7-13)9-14-10-12-3-2-8-15-12;/h2-8,14H,9-10H2,1H3;1H. The van der Waals surface area contributed by atoms with Crippen molar-refractivity contribution in [2.45, 2.75) is 18.0 Å². The molecule has 0 bridgehead atoms. The Morgan fingerprint density at radius 3 is 2.47 bits per heavy atom. The highest BCUT2D eigenvalue weighted by Gasteiger charge is 1.96. The van der Waals surface area contributed by atoms with E-state index in [2.05, 4.69) is 35.8 Å². The van der Waals surface area contributed by atoms with Crippen molar-refractivity contribution in [3.8, 4) is 0 Å². The van der Waals surface area contributed by atoms with Crippen LogP contribution in [0.5, 0.6) is 0 Å². The number of furan rings is 1. The topological polar surface area (TPSA) is 25.2 Å². The highest BCUT2D eigenvalue weighted by Crippen LogP contribution is 2.14. The lowest BCUT2D eigenvalue weighted by atomic mass is 10.2. The second-order valence-electron chi connectivity index (χ2n) is 3.53. The smallest absolute Gasteiger partial charge is 0.117 e. The van der Waals surface area contributed by atoms with Crippen LogP contribution in [-0.4, -0.2) is 6.26 Å². The highest BCUT2D eigenvalue weighted by atomic mass is 35.5. The van der Waals surface area contributed by atoms with Gasteiger partial charge >= 0.3 is 0 Å². The van der Waals surface area contributed by atoms with E-state index in [1.165, 1.54) is 10.5 Å². The van der Waals surface area contributed by atoms with E-state index in [0.29, 0.717) is 0 Å². The van der Waals surface area contributed by atoms with Crippen LogP contribution in [0.2, 0.25) is 0 Å². The summed E-state index contributed by atoms with van der Waals surface area (Å²) in [7, 11) is 0. The lowest BCUT2D eigenvalue weighted by Gasteiger charge is -2.03. The molecule has 0 aliphatic carbocycles. The van der Waals surface area contributed by atoms with E-state index in [9.17, 15) is 0 Å². The van der Waals surface area contributed by atoms with Gasteiger partial charge in [-0.3, -0.25) is 0 Å². The number of halogens is 1. The molecular weight excluding hydrogens is 254 g/mol. The fraction of sp³-hybridized carbons (Fsp3) is 0.231. The summed E-state index contributed by atoms with van der Waals surface area (Å²) in [6, 6.07) is 12.5. The quantitative estimate of drug-likeness (QED) is 0.838. The first-order valence-electron chi connectivity index (χ1n) is 5.24. The minimum atomic E-state index is 0. The minimum absolute atomic E-state index is 0. The van der Waals surface area contributed by atoms with Crippen LogP contribution in [0.15, 0.2) is 52.0 Å². The van der Waals surface area contributed by atoms with Crippen molar-refractivity contribution < 1.29 is 4.42 Å². The predicted molar refractivity (Wildman–Crippen MR) is 74.7 cm³/mol. The summed E-state index contributed by atoms with van der Waals surface area (Å²) in [6.07, 6.45) is 3.79. The third-order valence-corrected chi connectivity index (χ3v) is 3.11. The molecule has 4 heteroatoms. The Kier molecular flexibility index (Phi) is 6.19. The molecular formula is C13H16ClNOS. The number of rotatable bonds is 5. The van der Waals surface area contributed by atoms with Gasteiger partial charge in [0.1, 0.15) is 5.76 Å². The second kappa shape index (κ2) is 7.43. The molecule has 2 aromatic rings. The van der Waals surface area contributed by atoms with Gasteiger partial charge in [0.2, 0.25) is 0 Å². The molecule has 92 valence electrons. The van der Waals surface area contributed by atoms with Crippen molar-refractivity contribution in [1.29, 1.82) is 0 Å². The van der Waals surface area contributed by atoms with E-state index in [4.69, 9.17) is 4.42 Å². The van der Waals surface area contributed by atoms with Crippen molar-refractivity contribution in [3.05, 3.63) is 54.0 Å². The molecule has 0 saturated heterocycles. The molecule has 0 spiro atoms. The van der Waals surface area contributed by atoms with Crippen LogP contribution >= 0.6 is 24.2 Å². The predicted octanol–water partition coefficient (Wildman–Crippen LogP) is 3.71. The molecule has 0 atom stereocenters. The molecule has 0 amide bonds. The van der Waals surface area contributed by atoms with E-state index < -0.39 is 0 Å². The van der Waals surface area contributed by atoms with Gasteiger partial charge in [-0.15, -0.1) is 24.2 Å². The molecule has 0 aliphatic heterocycles. The summed E-state index contributed by atoms with van der Waals surface area (Å²) in [5.74, 6) is 0.973. The molecule has 0 aliphatic rings. The van der Waals surface area contributed by atoms with Gasteiger partial charge in [0.05, 0.1) is 12.8 Å². The van der Waals surface area contributed by atoms with E-state index in [0.717, 1.165) is 18.8 Å². The SMILES string of the molecule is CSc1ccc(CNCc2ccco2)cc1.Cl. The fourth-order valence-corrected chi connectivity index (χ4v) is 1.89. The fourth-order valence-electron chi connectivity index (χ4n) is 1.49. The van der Waals surface area contributed by atoms with Gasteiger partial charge in [-0.05, 0) is 36.1 Å². The first kappa shape index (κ1) is 14.2. The Bertz CT molecular complexity index is 413. The van der Waals surface area contributed by atoms with Crippen LogP contribution in [-0.2, 0) is 13.1 Å². The summed E-state index contributed by atoms with van der Waals surface area (Å²) in [5.41, 5.74) is 1.30. The molecule has 2 rings (SSSR count). The van der Waals surface area contributed by atoms with Crippen molar-refractivity contribution in [2.75, 3.05) is 6.26 Å². The zero-order valence-electron chi connectivity index (χ0n) is 9.68. The first-order valence-corrected chi connectivity index (χ1v) is 6.47. The number of thioether (sulfide) groups is 1. The third kappa shape index (κ3) is 4.46. The number of benzene rings is 1. The molecule has 0 fully saturated rings. The number of hydrogen-bond donors (Lipinski definition) is 1. The molecule has 1 heterocycles. The number of nitrogens with one attached hydrogen (secondary N) is 1. The van der Waals surface area contributed by atoms with Crippen molar-refractivity contribution in [2.24, 2.45) is 0 Å². The monoisotopic (exact) mass is 269 g/mol. The van der Waals surface area contributed by atoms with Crippen molar-refractivity contribution in [1.82, 2.24) is 5.32 Å². The van der Waals surface area contributed by atoms with E-state index in [1.54, 1.807) is 18.0 Å². The largest absolute Gasteiger partial charge is 0.468 e. The first-order chi connectivity index (χ1) is 7.88. The van der Waals surface area contributed by atoms with Crippen LogP contribution in [0.4, 0.5) is 0 Å². The zero-order chi connectivity index (χ0) is 11.2. The summed E-state index contributed by atoms with van der Waals surface area (Å²) in [4.78, 5) is 1.30. The average Bonchev–Trinajstić information content (AvgIpc) is 2.83. The van der Waals surface area contributed by atoms with Crippen LogP contribution < -0.4 is 5.32 Å². The van der Waals surface area contributed by atoms with Gasteiger partial charge in [-0.25, -0.2) is 0 Å². The minimum Gasteiger partial charge on any atom is -0.468 e. The maximum atomic E-state index is 5.24. The summed E-state index contributed by atoms with van der Waals surface area (Å²) in [6.45, 7) is 1.65. The summed E-state index contributed by atoms with van der Waals surface area (Å²) in [5, 5.41) is 3.34. The van der Waals surface area contributed by atoms with Gasteiger partial charge in [-0.1, -0.05) is 12.1 Å². The van der Waals surface area contributed by atoms with Crippen LogP contribution in [0.25, 0.3) is 0 Å². The molecule has 17 heavy (non-hydrogen) atoms. The van der Waals surface area contributed by atoms with Crippen molar-refractivity contribution >= 4 is 24.2 Å². The molecule has 0 radical (unpaired) electrons.